The summed E-state index contributed by atoms with van der Waals surface area (Å²) in [6, 6.07) is 8.31. The van der Waals surface area contributed by atoms with Gasteiger partial charge >= 0.3 is 5.97 Å². The zero-order valence-electron chi connectivity index (χ0n) is 10.4. The Morgan fingerprint density at radius 2 is 2.24 bits per heavy atom. The number of aliphatic carboxylic acids is 1. The summed E-state index contributed by atoms with van der Waals surface area (Å²) in [7, 11) is 0. The molecule has 1 aliphatic heterocycles. The highest BCUT2D eigenvalue weighted by molar-refractivity contribution is 5.78. The molecule has 2 rings (SSSR count). The molecule has 1 aliphatic rings. The molecule has 3 nitrogen and oxygen atoms in total. The quantitative estimate of drug-likeness (QED) is 0.839. The van der Waals surface area contributed by atoms with Crippen molar-refractivity contribution in [3.8, 4) is 0 Å². The second kappa shape index (κ2) is 4.49. The SMILES string of the molecule is Cc1ccccc1CC1CNC(C)(C(=O)O)C1. The van der Waals surface area contributed by atoms with E-state index >= 15 is 0 Å². The molecule has 17 heavy (non-hydrogen) atoms. The molecule has 2 unspecified atom stereocenters. The summed E-state index contributed by atoms with van der Waals surface area (Å²) in [5, 5.41) is 12.3. The van der Waals surface area contributed by atoms with E-state index in [1.807, 2.05) is 12.1 Å². The molecule has 2 N–H and O–H groups in total. The first-order valence-electron chi connectivity index (χ1n) is 6.04. The first-order chi connectivity index (χ1) is 8.01. The van der Waals surface area contributed by atoms with E-state index in [1.54, 1.807) is 6.92 Å². The van der Waals surface area contributed by atoms with Crippen LogP contribution < -0.4 is 5.32 Å². The van der Waals surface area contributed by atoms with Crippen LogP contribution in [0.1, 0.15) is 24.5 Å². The zero-order valence-corrected chi connectivity index (χ0v) is 10.4. The number of carboxylic acid groups (broad SMARTS) is 1. The molecule has 0 aliphatic carbocycles. The van der Waals surface area contributed by atoms with Gasteiger partial charge in [-0.25, -0.2) is 0 Å². The smallest absolute Gasteiger partial charge is 0.323 e. The zero-order chi connectivity index (χ0) is 12.5. The molecular weight excluding hydrogens is 214 g/mol. The normalized spacial score (nSPS) is 28.2. The molecule has 1 saturated heterocycles. The second-order valence-electron chi connectivity index (χ2n) is 5.22. The highest BCUT2D eigenvalue weighted by Gasteiger charge is 2.40. The molecule has 1 aromatic carbocycles. The molecule has 0 aromatic heterocycles. The third-order valence-electron chi connectivity index (χ3n) is 3.72. The van der Waals surface area contributed by atoms with Gasteiger partial charge in [0.05, 0.1) is 0 Å². The van der Waals surface area contributed by atoms with Gasteiger partial charge in [0.15, 0.2) is 0 Å². The molecule has 1 aromatic rings. The molecule has 0 saturated carbocycles. The van der Waals surface area contributed by atoms with Crippen LogP contribution in [0.5, 0.6) is 0 Å². The van der Waals surface area contributed by atoms with E-state index in [0.29, 0.717) is 12.3 Å². The van der Waals surface area contributed by atoms with Crippen LogP contribution in [0.3, 0.4) is 0 Å². The summed E-state index contributed by atoms with van der Waals surface area (Å²) in [6.45, 7) is 4.67. The Morgan fingerprint density at radius 3 is 2.82 bits per heavy atom. The number of aryl methyl sites for hydroxylation is 1. The van der Waals surface area contributed by atoms with Crippen LogP contribution in [0.4, 0.5) is 0 Å². The van der Waals surface area contributed by atoms with Crippen LogP contribution in [0.2, 0.25) is 0 Å². The van der Waals surface area contributed by atoms with E-state index in [9.17, 15) is 4.79 Å². The highest BCUT2D eigenvalue weighted by atomic mass is 16.4. The van der Waals surface area contributed by atoms with Crippen LogP contribution in [-0.4, -0.2) is 23.2 Å². The van der Waals surface area contributed by atoms with Gasteiger partial charge in [-0.15, -0.1) is 0 Å². The first-order valence-corrected chi connectivity index (χ1v) is 6.04. The van der Waals surface area contributed by atoms with Crippen molar-refractivity contribution in [2.24, 2.45) is 5.92 Å². The van der Waals surface area contributed by atoms with Crippen LogP contribution in [0.15, 0.2) is 24.3 Å². The monoisotopic (exact) mass is 233 g/mol. The Morgan fingerprint density at radius 1 is 1.53 bits per heavy atom. The molecule has 1 fully saturated rings. The molecule has 3 heteroatoms. The number of hydrogen-bond donors (Lipinski definition) is 2. The van der Waals surface area contributed by atoms with Crippen molar-refractivity contribution in [3.63, 3.8) is 0 Å². The molecule has 0 spiro atoms. The molecular formula is C14H19NO2. The van der Waals surface area contributed by atoms with E-state index in [1.165, 1.54) is 11.1 Å². The van der Waals surface area contributed by atoms with E-state index in [4.69, 9.17) is 5.11 Å². The summed E-state index contributed by atoms with van der Waals surface area (Å²) in [5.74, 6) is -0.331. The van der Waals surface area contributed by atoms with Crippen molar-refractivity contribution in [3.05, 3.63) is 35.4 Å². The summed E-state index contributed by atoms with van der Waals surface area (Å²) >= 11 is 0. The van der Waals surface area contributed by atoms with E-state index in [0.717, 1.165) is 13.0 Å². The van der Waals surface area contributed by atoms with Gasteiger partial charge in [0.25, 0.3) is 0 Å². The van der Waals surface area contributed by atoms with Crippen molar-refractivity contribution in [2.75, 3.05) is 6.54 Å². The Kier molecular flexibility index (Phi) is 3.20. The van der Waals surface area contributed by atoms with Crippen molar-refractivity contribution < 1.29 is 9.90 Å². The van der Waals surface area contributed by atoms with Crippen LogP contribution in [-0.2, 0) is 11.2 Å². The van der Waals surface area contributed by atoms with Crippen molar-refractivity contribution in [1.82, 2.24) is 5.32 Å². The van der Waals surface area contributed by atoms with Gasteiger partial charge in [-0.05, 0) is 50.3 Å². The average molecular weight is 233 g/mol. The van der Waals surface area contributed by atoms with Crippen LogP contribution in [0, 0.1) is 12.8 Å². The van der Waals surface area contributed by atoms with E-state index in [-0.39, 0.29) is 0 Å². The Labute approximate surface area is 102 Å². The minimum Gasteiger partial charge on any atom is -0.480 e. The second-order valence-corrected chi connectivity index (χ2v) is 5.22. The number of carboxylic acids is 1. The van der Waals surface area contributed by atoms with Crippen molar-refractivity contribution in [2.45, 2.75) is 32.2 Å². The molecule has 1 heterocycles. The maximum absolute atomic E-state index is 11.1. The van der Waals surface area contributed by atoms with Crippen LogP contribution >= 0.6 is 0 Å². The van der Waals surface area contributed by atoms with Gasteiger partial charge in [-0.3, -0.25) is 4.79 Å². The Balaban J connectivity index is 2.04. The standard InChI is InChI=1S/C14H19NO2/c1-10-5-3-4-6-12(10)7-11-8-14(2,13(16)17)15-9-11/h3-6,11,15H,7-9H2,1-2H3,(H,16,17). The fourth-order valence-electron chi connectivity index (χ4n) is 2.55. The summed E-state index contributed by atoms with van der Waals surface area (Å²) in [4.78, 5) is 11.1. The molecule has 0 radical (unpaired) electrons. The first kappa shape index (κ1) is 12.1. The third kappa shape index (κ3) is 2.50. The molecule has 92 valence electrons. The lowest BCUT2D eigenvalue weighted by molar-refractivity contribution is -0.143. The maximum Gasteiger partial charge on any atom is 0.323 e. The lowest BCUT2D eigenvalue weighted by atomic mass is 9.89. The van der Waals surface area contributed by atoms with Crippen LogP contribution in [0.25, 0.3) is 0 Å². The van der Waals surface area contributed by atoms with E-state index in [2.05, 4.69) is 24.4 Å². The van der Waals surface area contributed by atoms with Gasteiger partial charge in [0.1, 0.15) is 5.54 Å². The number of hydrogen-bond acceptors (Lipinski definition) is 2. The number of carbonyl (C=O) groups is 1. The number of nitrogens with one attached hydrogen (secondary N) is 1. The Bertz CT molecular complexity index is 430. The average Bonchev–Trinajstić information content (AvgIpc) is 2.65. The lowest BCUT2D eigenvalue weighted by Gasteiger charge is -2.18. The molecule has 0 amide bonds. The summed E-state index contributed by atoms with van der Waals surface area (Å²) in [5.41, 5.74) is 1.87. The minimum atomic E-state index is -0.746. The summed E-state index contributed by atoms with van der Waals surface area (Å²) < 4.78 is 0. The van der Waals surface area contributed by atoms with Gasteiger partial charge in [0.2, 0.25) is 0 Å². The van der Waals surface area contributed by atoms with Gasteiger partial charge < -0.3 is 10.4 Å². The maximum atomic E-state index is 11.1. The lowest BCUT2D eigenvalue weighted by Crippen LogP contribution is -2.44. The van der Waals surface area contributed by atoms with Crippen molar-refractivity contribution in [1.29, 1.82) is 0 Å². The highest BCUT2D eigenvalue weighted by Crippen LogP contribution is 2.27. The third-order valence-corrected chi connectivity index (χ3v) is 3.72. The van der Waals surface area contributed by atoms with Gasteiger partial charge in [-0.2, -0.15) is 0 Å². The Hall–Kier alpha value is -1.35. The molecule has 0 bridgehead atoms. The van der Waals surface area contributed by atoms with Gasteiger partial charge in [0, 0.05) is 0 Å². The van der Waals surface area contributed by atoms with Gasteiger partial charge in [-0.1, -0.05) is 24.3 Å². The fraction of sp³-hybridized carbons (Fsp3) is 0.500. The summed E-state index contributed by atoms with van der Waals surface area (Å²) in [6.07, 6.45) is 1.67. The number of rotatable bonds is 3. The predicted octanol–water partition coefficient (Wildman–Crippen LogP) is 1.99. The van der Waals surface area contributed by atoms with E-state index < -0.39 is 11.5 Å². The topological polar surface area (TPSA) is 49.3 Å². The minimum absolute atomic E-state index is 0.414. The largest absolute Gasteiger partial charge is 0.480 e. The predicted molar refractivity (Wildman–Crippen MR) is 67.0 cm³/mol. The number of benzene rings is 1. The van der Waals surface area contributed by atoms with Crippen molar-refractivity contribution >= 4 is 5.97 Å². The molecule has 2 atom stereocenters. The fourth-order valence-corrected chi connectivity index (χ4v) is 2.55.